The highest BCUT2D eigenvalue weighted by Gasteiger charge is 2.10. The normalized spacial score (nSPS) is 12.0. The molecule has 0 heterocycles. The summed E-state index contributed by atoms with van der Waals surface area (Å²) in [4.78, 5) is 11.8. The van der Waals surface area contributed by atoms with E-state index >= 15 is 0 Å². The minimum absolute atomic E-state index is 0.0252. The third-order valence-electron chi connectivity index (χ3n) is 3.19. The second kappa shape index (κ2) is 8.97. The number of aliphatic hydroxyl groups excluding tert-OH is 1. The lowest BCUT2D eigenvalue weighted by molar-refractivity contribution is -0.121. The van der Waals surface area contributed by atoms with Crippen LogP contribution in [0.1, 0.15) is 31.7 Å². The maximum Gasteiger partial charge on any atom is 0.220 e. The Labute approximate surface area is 128 Å². The van der Waals surface area contributed by atoms with E-state index in [4.69, 9.17) is 9.84 Å². The van der Waals surface area contributed by atoms with Crippen LogP contribution in [0.4, 0.5) is 0 Å². The average molecular weight is 344 g/mol. The van der Waals surface area contributed by atoms with Crippen LogP contribution in [0.5, 0.6) is 5.75 Å². The molecule has 0 aliphatic heterocycles. The molecule has 0 saturated carbocycles. The van der Waals surface area contributed by atoms with Crippen molar-refractivity contribution in [1.82, 2.24) is 5.32 Å². The summed E-state index contributed by atoms with van der Waals surface area (Å²) < 4.78 is 6.06. The molecule has 0 aliphatic carbocycles. The van der Waals surface area contributed by atoms with Gasteiger partial charge in [0.05, 0.1) is 11.6 Å². The molecule has 4 nitrogen and oxygen atoms in total. The van der Waals surface area contributed by atoms with Crippen molar-refractivity contribution in [2.24, 2.45) is 0 Å². The van der Waals surface area contributed by atoms with Gasteiger partial charge in [0.25, 0.3) is 0 Å². The molecule has 1 unspecified atom stereocenters. The first-order valence-corrected chi connectivity index (χ1v) is 7.62. The van der Waals surface area contributed by atoms with Gasteiger partial charge in [0, 0.05) is 19.1 Å². The molecule has 2 N–H and O–H groups in total. The van der Waals surface area contributed by atoms with Crippen molar-refractivity contribution < 1.29 is 14.6 Å². The van der Waals surface area contributed by atoms with Crippen molar-refractivity contribution in [2.75, 3.05) is 13.7 Å². The van der Waals surface area contributed by atoms with Crippen molar-refractivity contribution >= 4 is 21.8 Å². The fraction of sp³-hybridized carbons (Fsp3) is 0.533. The van der Waals surface area contributed by atoms with Crippen LogP contribution in [0, 0.1) is 0 Å². The molecule has 0 spiro atoms. The van der Waals surface area contributed by atoms with Crippen LogP contribution < -0.4 is 10.1 Å². The van der Waals surface area contributed by atoms with Gasteiger partial charge in [-0.2, -0.15) is 0 Å². The van der Waals surface area contributed by atoms with Gasteiger partial charge in [-0.1, -0.05) is 13.0 Å². The molecular weight excluding hydrogens is 322 g/mol. The zero-order valence-electron chi connectivity index (χ0n) is 12.0. The molecule has 20 heavy (non-hydrogen) atoms. The van der Waals surface area contributed by atoms with Gasteiger partial charge in [-0.05, 0) is 52.9 Å². The van der Waals surface area contributed by atoms with Crippen LogP contribution in [0.2, 0.25) is 0 Å². The zero-order valence-corrected chi connectivity index (χ0v) is 13.6. The molecule has 0 aliphatic rings. The average Bonchev–Trinajstić information content (AvgIpc) is 2.44. The molecule has 1 amide bonds. The number of aliphatic hydroxyl groups is 1. The number of rotatable bonds is 8. The van der Waals surface area contributed by atoms with E-state index in [9.17, 15) is 4.79 Å². The lowest BCUT2D eigenvalue weighted by Gasteiger charge is -2.15. The third kappa shape index (κ3) is 5.51. The van der Waals surface area contributed by atoms with Gasteiger partial charge < -0.3 is 15.2 Å². The summed E-state index contributed by atoms with van der Waals surface area (Å²) >= 11 is 3.43. The maximum atomic E-state index is 11.8. The highest BCUT2D eigenvalue weighted by Crippen LogP contribution is 2.25. The predicted molar refractivity (Wildman–Crippen MR) is 82.9 cm³/mol. The lowest BCUT2D eigenvalue weighted by atomic mass is 10.1. The van der Waals surface area contributed by atoms with Crippen molar-refractivity contribution in [1.29, 1.82) is 0 Å². The number of carbonyl (C=O) groups is 1. The highest BCUT2D eigenvalue weighted by molar-refractivity contribution is 9.10. The number of hydrogen-bond acceptors (Lipinski definition) is 3. The largest absolute Gasteiger partial charge is 0.496 e. The molecule has 1 rings (SSSR count). The molecular formula is C15H22BrNO3. The fourth-order valence-electron chi connectivity index (χ4n) is 1.96. The van der Waals surface area contributed by atoms with Crippen LogP contribution >= 0.6 is 15.9 Å². The fourth-order valence-corrected chi connectivity index (χ4v) is 2.55. The number of methoxy groups -OCH3 is 1. The molecule has 0 aromatic heterocycles. The highest BCUT2D eigenvalue weighted by atomic mass is 79.9. The topological polar surface area (TPSA) is 58.6 Å². The van der Waals surface area contributed by atoms with Crippen molar-refractivity contribution in [3.63, 3.8) is 0 Å². The first-order valence-electron chi connectivity index (χ1n) is 6.83. The zero-order chi connectivity index (χ0) is 15.0. The molecule has 1 aromatic rings. The van der Waals surface area contributed by atoms with E-state index < -0.39 is 0 Å². The molecule has 0 radical (unpaired) electrons. The van der Waals surface area contributed by atoms with E-state index in [2.05, 4.69) is 21.2 Å². The molecule has 112 valence electrons. The van der Waals surface area contributed by atoms with E-state index in [1.54, 1.807) is 7.11 Å². The van der Waals surface area contributed by atoms with Crippen LogP contribution in [-0.4, -0.2) is 30.8 Å². The second-order valence-electron chi connectivity index (χ2n) is 4.65. The first kappa shape index (κ1) is 17.0. The molecule has 1 atom stereocenters. The first-order chi connectivity index (χ1) is 9.60. The molecule has 0 fully saturated rings. The number of ether oxygens (including phenoxy) is 1. The van der Waals surface area contributed by atoms with Gasteiger partial charge >= 0.3 is 0 Å². The number of nitrogens with one attached hydrogen (secondary N) is 1. The van der Waals surface area contributed by atoms with Crippen LogP contribution in [0.15, 0.2) is 22.7 Å². The van der Waals surface area contributed by atoms with E-state index in [0.717, 1.165) is 22.2 Å². The summed E-state index contributed by atoms with van der Waals surface area (Å²) in [5, 5.41) is 11.8. The quantitative estimate of drug-likeness (QED) is 0.762. The van der Waals surface area contributed by atoms with E-state index in [-0.39, 0.29) is 18.6 Å². The van der Waals surface area contributed by atoms with Crippen LogP contribution in [0.3, 0.4) is 0 Å². The van der Waals surface area contributed by atoms with E-state index in [0.29, 0.717) is 19.3 Å². The smallest absolute Gasteiger partial charge is 0.220 e. The van der Waals surface area contributed by atoms with E-state index in [1.165, 1.54) is 0 Å². The van der Waals surface area contributed by atoms with Gasteiger partial charge in [0.15, 0.2) is 0 Å². The standard InChI is InChI=1S/C15H22BrNO3/c1-3-12(8-9-18)17-15(19)7-5-11-4-6-14(20-2)13(16)10-11/h4,6,10,12,18H,3,5,7-9H2,1-2H3,(H,17,19). The Balaban J connectivity index is 2.46. The van der Waals surface area contributed by atoms with Gasteiger partial charge in [-0.25, -0.2) is 0 Å². The van der Waals surface area contributed by atoms with Gasteiger partial charge in [0.2, 0.25) is 5.91 Å². The molecule has 0 bridgehead atoms. The third-order valence-corrected chi connectivity index (χ3v) is 3.81. The second-order valence-corrected chi connectivity index (χ2v) is 5.51. The predicted octanol–water partition coefficient (Wildman–Crippen LogP) is 2.67. The monoisotopic (exact) mass is 343 g/mol. The van der Waals surface area contributed by atoms with Crippen molar-refractivity contribution in [2.45, 2.75) is 38.6 Å². The van der Waals surface area contributed by atoms with Crippen molar-refractivity contribution in [3.8, 4) is 5.75 Å². The minimum Gasteiger partial charge on any atom is -0.496 e. The summed E-state index contributed by atoms with van der Waals surface area (Å²) in [6, 6.07) is 5.88. The number of carbonyl (C=O) groups excluding carboxylic acids is 1. The summed E-state index contributed by atoms with van der Waals surface area (Å²) in [5.41, 5.74) is 1.09. The Bertz CT molecular complexity index is 437. The Hall–Kier alpha value is -1.07. The molecule has 1 aromatic carbocycles. The van der Waals surface area contributed by atoms with Gasteiger partial charge in [-0.3, -0.25) is 4.79 Å². The van der Waals surface area contributed by atoms with Gasteiger partial charge in [0.1, 0.15) is 5.75 Å². The van der Waals surface area contributed by atoms with Crippen LogP contribution in [0.25, 0.3) is 0 Å². The minimum atomic E-state index is 0.0252. The SMILES string of the molecule is CCC(CCO)NC(=O)CCc1ccc(OC)c(Br)c1. The summed E-state index contributed by atoms with van der Waals surface area (Å²) in [7, 11) is 1.62. The molecule has 5 heteroatoms. The Morgan fingerprint density at radius 3 is 2.80 bits per heavy atom. The van der Waals surface area contributed by atoms with Crippen molar-refractivity contribution in [3.05, 3.63) is 28.2 Å². The number of benzene rings is 1. The summed E-state index contributed by atoms with van der Waals surface area (Å²) in [6.07, 6.45) is 2.57. The molecule has 0 saturated heterocycles. The number of aryl methyl sites for hydroxylation is 1. The summed E-state index contributed by atoms with van der Waals surface area (Å²) in [6.45, 7) is 2.10. The lowest BCUT2D eigenvalue weighted by Crippen LogP contribution is -2.35. The van der Waals surface area contributed by atoms with Gasteiger partial charge in [-0.15, -0.1) is 0 Å². The Morgan fingerprint density at radius 2 is 2.25 bits per heavy atom. The number of halogens is 1. The van der Waals surface area contributed by atoms with E-state index in [1.807, 2.05) is 25.1 Å². The Kier molecular flexibility index (Phi) is 7.62. The summed E-state index contributed by atoms with van der Waals surface area (Å²) in [5.74, 6) is 0.810. The number of amides is 1. The van der Waals surface area contributed by atoms with Crippen LogP contribution in [-0.2, 0) is 11.2 Å². The Morgan fingerprint density at radius 1 is 1.50 bits per heavy atom. The maximum absolute atomic E-state index is 11.8. The number of hydrogen-bond donors (Lipinski definition) is 2.